The number of hydrogen-bond acceptors (Lipinski definition) is 3. The highest BCUT2D eigenvalue weighted by molar-refractivity contribution is 5.94. The maximum Gasteiger partial charge on any atom is 0.251 e. The molecule has 0 radical (unpaired) electrons. The highest BCUT2D eigenvalue weighted by atomic mass is 19.2. The van der Waals surface area contributed by atoms with Crippen molar-refractivity contribution >= 4 is 5.91 Å². The van der Waals surface area contributed by atoms with Crippen molar-refractivity contribution in [3.8, 4) is 5.75 Å². The molecular formula is C20H17F4N3O2. The van der Waals surface area contributed by atoms with E-state index < -0.39 is 29.0 Å². The fourth-order valence-corrected chi connectivity index (χ4v) is 2.56. The number of carbonyl (C=O) groups is 1. The number of nitrogens with zero attached hydrogens (tertiary/aromatic N) is 2. The van der Waals surface area contributed by atoms with E-state index in [0.29, 0.717) is 30.6 Å². The first kappa shape index (κ1) is 20.4. The molecule has 3 aromatic rings. The molecule has 0 atom stereocenters. The van der Waals surface area contributed by atoms with Crippen LogP contribution in [0.5, 0.6) is 5.75 Å². The molecule has 9 heteroatoms. The fraction of sp³-hybridized carbons (Fsp3) is 0.200. The number of aromatic nitrogens is 2. The average Bonchev–Trinajstić information content (AvgIpc) is 3.23. The van der Waals surface area contributed by atoms with Crippen molar-refractivity contribution in [2.24, 2.45) is 0 Å². The van der Waals surface area contributed by atoms with Crippen LogP contribution in [0.4, 0.5) is 17.6 Å². The molecule has 0 spiro atoms. The summed E-state index contributed by atoms with van der Waals surface area (Å²) in [6, 6.07) is 7.99. The molecule has 29 heavy (non-hydrogen) atoms. The number of carbonyl (C=O) groups excluding carboxylic acids is 1. The third-order valence-corrected chi connectivity index (χ3v) is 4.08. The molecule has 0 aliphatic rings. The Morgan fingerprint density at radius 3 is 2.38 bits per heavy atom. The summed E-state index contributed by atoms with van der Waals surface area (Å²) in [5.74, 6) is -7.69. The maximum atomic E-state index is 13.6. The Labute approximate surface area is 163 Å². The van der Waals surface area contributed by atoms with Gasteiger partial charge in [-0.15, -0.1) is 0 Å². The summed E-state index contributed by atoms with van der Waals surface area (Å²) in [7, 11) is 0. The number of ether oxygens (including phenoxy) is 1. The van der Waals surface area contributed by atoms with Crippen LogP contribution in [0.25, 0.3) is 0 Å². The van der Waals surface area contributed by atoms with Gasteiger partial charge in [-0.25, -0.2) is 8.78 Å². The quantitative estimate of drug-likeness (QED) is 0.351. The molecule has 0 aliphatic heterocycles. The number of halogens is 4. The minimum Gasteiger partial charge on any atom is -0.483 e. The SMILES string of the molecule is O=C(NCCCn1cccn1)c1ccc(COc2c(F)c(F)cc(F)c2F)cc1. The summed E-state index contributed by atoms with van der Waals surface area (Å²) in [6.07, 6.45) is 4.22. The molecule has 1 aromatic heterocycles. The summed E-state index contributed by atoms with van der Waals surface area (Å²) in [5, 5.41) is 6.84. The number of benzene rings is 2. The summed E-state index contributed by atoms with van der Waals surface area (Å²) < 4.78 is 60.2. The second kappa shape index (κ2) is 9.22. The van der Waals surface area contributed by atoms with Gasteiger partial charge in [-0.3, -0.25) is 9.48 Å². The fourth-order valence-electron chi connectivity index (χ4n) is 2.56. The summed E-state index contributed by atoms with van der Waals surface area (Å²) >= 11 is 0. The van der Waals surface area contributed by atoms with Crippen LogP contribution in [0.15, 0.2) is 48.8 Å². The van der Waals surface area contributed by atoms with Crippen LogP contribution in [0.2, 0.25) is 0 Å². The van der Waals surface area contributed by atoms with Crippen LogP contribution < -0.4 is 10.1 Å². The van der Waals surface area contributed by atoms with E-state index in [0.717, 1.165) is 0 Å². The monoisotopic (exact) mass is 407 g/mol. The van der Waals surface area contributed by atoms with Gasteiger partial charge in [0.1, 0.15) is 6.61 Å². The van der Waals surface area contributed by atoms with Crippen molar-refractivity contribution < 1.29 is 27.1 Å². The molecular weight excluding hydrogens is 390 g/mol. The molecule has 2 aromatic carbocycles. The Hall–Kier alpha value is -3.36. The predicted molar refractivity (Wildman–Crippen MR) is 96.2 cm³/mol. The topological polar surface area (TPSA) is 56.2 Å². The lowest BCUT2D eigenvalue weighted by atomic mass is 10.1. The van der Waals surface area contributed by atoms with E-state index in [1.165, 1.54) is 24.3 Å². The van der Waals surface area contributed by atoms with E-state index in [-0.39, 0.29) is 18.6 Å². The van der Waals surface area contributed by atoms with E-state index in [2.05, 4.69) is 10.4 Å². The smallest absolute Gasteiger partial charge is 0.251 e. The van der Waals surface area contributed by atoms with Crippen molar-refractivity contribution in [3.63, 3.8) is 0 Å². The van der Waals surface area contributed by atoms with Gasteiger partial charge in [-0.2, -0.15) is 13.9 Å². The van der Waals surface area contributed by atoms with E-state index >= 15 is 0 Å². The third kappa shape index (κ3) is 5.13. The number of amides is 1. The lowest BCUT2D eigenvalue weighted by Crippen LogP contribution is -2.25. The van der Waals surface area contributed by atoms with Gasteiger partial charge in [-0.05, 0) is 30.2 Å². The molecule has 152 valence electrons. The van der Waals surface area contributed by atoms with Gasteiger partial charge >= 0.3 is 0 Å². The number of hydrogen-bond donors (Lipinski definition) is 1. The molecule has 1 heterocycles. The van der Waals surface area contributed by atoms with Crippen molar-refractivity contribution in [2.45, 2.75) is 19.6 Å². The molecule has 0 unspecified atom stereocenters. The highest BCUT2D eigenvalue weighted by Gasteiger charge is 2.20. The van der Waals surface area contributed by atoms with Crippen LogP contribution in [0, 0.1) is 23.3 Å². The minimum absolute atomic E-state index is 0.111. The molecule has 1 amide bonds. The van der Waals surface area contributed by atoms with Gasteiger partial charge in [0.05, 0.1) is 0 Å². The van der Waals surface area contributed by atoms with Gasteiger partial charge in [0.15, 0.2) is 17.4 Å². The number of aryl methyl sites for hydroxylation is 1. The third-order valence-electron chi connectivity index (χ3n) is 4.08. The molecule has 0 aliphatic carbocycles. The number of nitrogens with one attached hydrogen (secondary N) is 1. The first-order chi connectivity index (χ1) is 14.0. The zero-order chi connectivity index (χ0) is 20.8. The molecule has 5 nitrogen and oxygen atoms in total. The van der Waals surface area contributed by atoms with Gasteiger partial charge in [0.25, 0.3) is 5.91 Å². The number of rotatable bonds is 8. The Morgan fingerprint density at radius 1 is 1.07 bits per heavy atom. The molecule has 1 N–H and O–H groups in total. The first-order valence-electron chi connectivity index (χ1n) is 8.76. The van der Waals surface area contributed by atoms with Gasteiger partial charge < -0.3 is 10.1 Å². The van der Waals surface area contributed by atoms with Gasteiger partial charge in [0.2, 0.25) is 11.6 Å². The van der Waals surface area contributed by atoms with Crippen molar-refractivity contribution in [1.82, 2.24) is 15.1 Å². The zero-order valence-electron chi connectivity index (χ0n) is 15.2. The van der Waals surface area contributed by atoms with Crippen molar-refractivity contribution in [2.75, 3.05) is 6.54 Å². The normalized spacial score (nSPS) is 10.8. The van der Waals surface area contributed by atoms with Crippen LogP contribution in [0.3, 0.4) is 0 Å². The summed E-state index contributed by atoms with van der Waals surface area (Å²) in [6.45, 7) is 0.813. The lowest BCUT2D eigenvalue weighted by molar-refractivity contribution is 0.0952. The van der Waals surface area contributed by atoms with Crippen LogP contribution >= 0.6 is 0 Å². The molecule has 0 saturated heterocycles. The second-order valence-corrected chi connectivity index (χ2v) is 6.16. The van der Waals surface area contributed by atoms with Crippen molar-refractivity contribution in [1.29, 1.82) is 0 Å². The maximum absolute atomic E-state index is 13.6. The Bertz CT molecular complexity index is 950. The molecule has 0 fully saturated rings. The van der Waals surface area contributed by atoms with E-state index in [9.17, 15) is 22.4 Å². The van der Waals surface area contributed by atoms with Crippen LogP contribution in [0.1, 0.15) is 22.3 Å². The first-order valence-corrected chi connectivity index (χ1v) is 8.76. The van der Waals surface area contributed by atoms with E-state index in [1.807, 2.05) is 12.3 Å². The second-order valence-electron chi connectivity index (χ2n) is 6.16. The predicted octanol–water partition coefficient (Wildman–Crippen LogP) is 3.84. The standard InChI is InChI=1S/C20H17F4N3O2/c21-15-11-16(22)18(24)19(17(15)23)29-12-13-3-5-14(6-4-13)20(28)25-7-1-9-27-10-2-8-26-27/h2-6,8,10-11H,1,7,9,12H2,(H,25,28). The summed E-state index contributed by atoms with van der Waals surface area (Å²) in [5.41, 5.74) is 0.853. The largest absolute Gasteiger partial charge is 0.483 e. The van der Waals surface area contributed by atoms with Crippen LogP contribution in [-0.4, -0.2) is 22.2 Å². The summed E-state index contributed by atoms with van der Waals surface area (Å²) in [4.78, 5) is 12.1. The minimum atomic E-state index is -1.60. The van der Waals surface area contributed by atoms with Gasteiger partial charge in [0, 0.05) is 37.1 Å². The molecule has 0 saturated carbocycles. The van der Waals surface area contributed by atoms with E-state index in [1.54, 1.807) is 10.9 Å². The molecule has 3 rings (SSSR count). The van der Waals surface area contributed by atoms with E-state index in [4.69, 9.17) is 4.74 Å². The Kier molecular flexibility index (Phi) is 6.48. The average molecular weight is 407 g/mol. The van der Waals surface area contributed by atoms with Crippen molar-refractivity contribution in [3.05, 3.63) is 83.2 Å². The lowest BCUT2D eigenvalue weighted by Gasteiger charge is -2.10. The zero-order valence-corrected chi connectivity index (χ0v) is 15.2. The Balaban J connectivity index is 1.52. The molecule has 0 bridgehead atoms. The van der Waals surface area contributed by atoms with Crippen LogP contribution in [-0.2, 0) is 13.2 Å². The highest BCUT2D eigenvalue weighted by Crippen LogP contribution is 2.27. The Morgan fingerprint density at radius 2 is 1.76 bits per heavy atom. The van der Waals surface area contributed by atoms with Gasteiger partial charge in [-0.1, -0.05) is 12.1 Å².